The quantitative estimate of drug-likeness (QED) is 0.0321. The van der Waals surface area contributed by atoms with Crippen LogP contribution in [0.5, 0.6) is 0 Å². The number of aliphatic hydroxyl groups is 2. The molecule has 3 atom stereocenters. The van der Waals surface area contributed by atoms with Gasteiger partial charge in [-0.1, -0.05) is 215 Å². The molecule has 0 radical (unpaired) electrons. The fourth-order valence-electron chi connectivity index (χ4n) is 7.60. The Balaban J connectivity index is 4.74. The van der Waals surface area contributed by atoms with Crippen LogP contribution in [-0.4, -0.2) is 46.9 Å². The molecule has 0 fully saturated rings. The zero-order chi connectivity index (χ0) is 46.7. The molecule has 0 bridgehead atoms. The maximum Gasteiger partial charge on any atom is 0.306 e. The molecule has 0 heterocycles. The van der Waals surface area contributed by atoms with Crippen molar-refractivity contribution in [3.63, 3.8) is 0 Å². The predicted octanol–water partition coefficient (Wildman–Crippen LogP) is 16.3. The van der Waals surface area contributed by atoms with Crippen molar-refractivity contribution in [1.82, 2.24) is 5.32 Å². The molecule has 0 saturated carbocycles. The van der Waals surface area contributed by atoms with E-state index in [9.17, 15) is 19.8 Å². The molecule has 6 nitrogen and oxygen atoms in total. The first kappa shape index (κ1) is 61.0. The maximum atomic E-state index is 13.2. The topological polar surface area (TPSA) is 95.9 Å². The van der Waals surface area contributed by atoms with E-state index in [4.69, 9.17) is 4.74 Å². The molecule has 0 aromatic rings. The van der Waals surface area contributed by atoms with Crippen LogP contribution in [0.1, 0.15) is 245 Å². The molecule has 64 heavy (non-hydrogen) atoms. The highest BCUT2D eigenvalue weighted by molar-refractivity contribution is 5.77. The lowest BCUT2D eigenvalue weighted by atomic mass is 10.0. The van der Waals surface area contributed by atoms with Gasteiger partial charge in [0.2, 0.25) is 5.91 Å². The van der Waals surface area contributed by atoms with Gasteiger partial charge in [0.25, 0.3) is 0 Å². The molecule has 0 aromatic carbocycles. The molecule has 0 aliphatic rings. The van der Waals surface area contributed by atoms with Crippen LogP contribution in [-0.2, 0) is 14.3 Å². The minimum absolute atomic E-state index is 0.0271. The fourth-order valence-corrected chi connectivity index (χ4v) is 7.60. The highest BCUT2D eigenvalue weighted by atomic mass is 16.5. The second kappa shape index (κ2) is 51.0. The Bertz CT molecular complexity index is 1230. The van der Waals surface area contributed by atoms with Crippen LogP contribution in [0.25, 0.3) is 0 Å². The number of carbonyl (C=O) groups is 2. The first-order valence-corrected chi connectivity index (χ1v) is 26.8. The maximum absolute atomic E-state index is 13.2. The van der Waals surface area contributed by atoms with Crippen molar-refractivity contribution in [3.05, 3.63) is 85.1 Å². The monoisotopic (exact) mass is 892 g/mol. The number of ether oxygens (including phenoxy) is 1. The van der Waals surface area contributed by atoms with Crippen molar-refractivity contribution >= 4 is 11.9 Å². The Kier molecular flexibility index (Phi) is 48.7. The average molecular weight is 892 g/mol. The summed E-state index contributed by atoms with van der Waals surface area (Å²) in [6.07, 6.45) is 66.4. The van der Waals surface area contributed by atoms with Crippen molar-refractivity contribution < 1.29 is 24.5 Å². The van der Waals surface area contributed by atoms with Crippen molar-refractivity contribution in [1.29, 1.82) is 0 Å². The van der Waals surface area contributed by atoms with Gasteiger partial charge in [0.05, 0.1) is 25.2 Å². The SMILES string of the molecule is CCCCC/C=C\C/C=C\C/C=C\C/C=C\CCCC(CC(=O)NC(CO)C(O)CCCCCCCCCCCCC)OC(=O)CCCCCC/C=C\C/C=C\C/C=C\CCCCC. The number of nitrogens with one attached hydrogen (secondary N) is 1. The summed E-state index contributed by atoms with van der Waals surface area (Å²) in [5.41, 5.74) is 0. The minimum atomic E-state index is -0.810. The second-order valence-corrected chi connectivity index (χ2v) is 17.9. The third-order valence-electron chi connectivity index (χ3n) is 11.7. The summed E-state index contributed by atoms with van der Waals surface area (Å²) < 4.78 is 5.91. The van der Waals surface area contributed by atoms with Crippen molar-refractivity contribution in [3.8, 4) is 0 Å². The first-order chi connectivity index (χ1) is 31.5. The lowest BCUT2D eigenvalue weighted by Crippen LogP contribution is -2.46. The Labute approximate surface area is 395 Å². The zero-order valence-corrected chi connectivity index (χ0v) is 41.9. The van der Waals surface area contributed by atoms with Gasteiger partial charge in [-0.3, -0.25) is 9.59 Å². The van der Waals surface area contributed by atoms with Crippen LogP contribution < -0.4 is 5.32 Å². The van der Waals surface area contributed by atoms with Crippen molar-refractivity contribution in [2.45, 2.75) is 264 Å². The Morgan fingerprint density at radius 3 is 1.27 bits per heavy atom. The van der Waals surface area contributed by atoms with Crippen LogP contribution in [0.2, 0.25) is 0 Å². The molecule has 0 aliphatic heterocycles. The largest absolute Gasteiger partial charge is 0.462 e. The van der Waals surface area contributed by atoms with Crippen molar-refractivity contribution in [2.24, 2.45) is 0 Å². The number of hydrogen-bond acceptors (Lipinski definition) is 5. The normalized spacial score (nSPS) is 13.9. The van der Waals surface area contributed by atoms with E-state index in [-0.39, 0.29) is 24.9 Å². The van der Waals surface area contributed by atoms with Crippen LogP contribution in [0.4, 0.5) is 0 Å². The van der Waals surface area contributed by atoms with Crippen LogP contribution in [0, 0.1) is 0 Å². The molecule has 6 heteroatoms. The van der Waals surface area contributed by atoms with Crippen LogP contribution in [0.15, 0.2) is 85.1 Å². The van der Waals surface area contributed by atoms with E-state index in [2.05, 4.69) is 111 Å². The Morgan fingerprint density at radius 1 is 0.453 bits per heavy atom. The molecule has 0 aliphatic carbocycles. The number of amides is 1. The smallest absolute Gasteiger partial charge is 0.306 e. The van der Waals surface area contributed by atoms with Gasteiger partial charge in [-0.25, -0.2) is 0 Å². The summed E-state index contributed by atoms with van der Waals surface area (Å²) in [7, 11) is 0. The molecular formula is C58H101NO5. The van der Waals surface area contributed by atoms with E-state index in [1.165, 1.54) is 103 Å². The number of carbonyl (C=O) groups excluding carboxylic acids is 2. The molecular weight excluding hydrogens is 791 g/mol. The van der Waals surface area contributed by atoms with E-state index in [0.717, 1.165) is 96.3 Å². The van der Waals surface area contributed by atoms with E-state index < -0.39 is 18.2 Å². The molecule has 1 amide bonds. The Hall–Kier alpha value is -2.96. The van der Waals surface area contributed by atoms with Gasteiger partial charge in [-0.2, -0.15) is 0 Å². The molecule has 3 unspecified atom stereocenters. The lowest BCUT2D eigenvalue weighted by molar-refractivity contribution is -0.151. The van der Waals surface area contributed by atoms with E-state index >= 15 is 0 Å². The predicted molar refractivity (Wildman–Crippen MR) is 278 cm³/mol. The average Bonchev–Trinajstić information content (AvgIpc) is 3.29. The van der Waals surface area contributed by atoms with Gasteiger partial charge in [-0.05, 0) is 103 Å². The van der Waals surface area contributed by atoms with Gasteiger partial charge < -0.3 is 20.3 Å². The molecule has 0 spiro atoms. The molecule has 3 N–H and O–H groups in total. The third kappa shape index (κ3) is 45.6. The highest BCUT2D eigenvalue weighted by Crippen LogP contribution is 2.16. The van der Waals surface area contributed by atoms with Gasteiger partial charge in [-0.15, -0.1) is 0 Å². The van der Waals surface area contributed by atoms with E-state index in [1.807, 2.05) is 0 Å². The summed E-state index contributed by atoms with van der Waals surface area (Å²) in [4.78, 5) is 26.2. The van der Waals surface area contributed by atoms with E-state index in [0.29, 0.717) is 19.3 Å². The van der Waals surface area contributed by atoms with Gasteiger partial charge in [0.1, 0.15) is 6.10 Å². The fraction of sp³-hybridized carbons (Fsp3) is 0.724. The standard InChI is InChI=1S/C58H101NO5/c1-4-7-10-13-16-19-22-24-26-28-30-32-35-37-40-43-46-49-54(52-57(62)59-55(53-60)56(61)50-47-44-41-38-34-21-18-15-12-9-6-3)64-58(63)51-48-45-42-39-36-33-31-29-27-25-23-20-17-14-11-8-5-2/h16-17,19-20,24-27,30-33,37,40,54-56,60-61H,4-15,18,21-23,28-29,34-36,38-39,41-53H2,1-3H3,(H,59,62)/b19-16-,20-17-,26-24-,27-25-,32-30-,33-31-,40-37-. The van der Waals surface area contributed by atoms with Gasteiger partial charge >= 0.3 is 5.97 Å². The van der Waals surface area contributed by atoms with Crippen LogP contribution >= 0.6 is 0 Å². The zero-order valence-electron chi connectivity index (χ0n) is 41.9. The number of hydrogen-bond donors (Lipinski definition) is 3. The Morgan fingerprint density at radius 2 is 0.812 bits per heavy atom. The summed E-state index contributed by atoms with van der Waals surface area (Å²) in [6, 6.07) is -0.728. The summed E-state index contributed by atoms with van der Waals surface area (Å²) >= 11 is 0. The van der Waals surface area contributed by atoms with Gasteiger partial charge in [0, 0.05) is 6.42 Å². The molecule has 0 rings (SSSR count). The van der Waals surface area contributed by atoms with Crippen LogP contribution in [0.3, 0.4) is 0 Å². The van der Waals surface area contributed by atoms with Crippen molar-refractivity contribution in [2.75, 3.05) is 6.61 Å². The number of unbranched alkanes of at least 4 members (excludes halogenated alkanes) is 21. The number of aliphatic hydroxyl groups excluding tert-OH is 2. The summed E-state index contributed by atoms with van der Waals surface area (Å²) in [6.45, 7) is 6.40. The number of esters is 1. The second-order valence-electron chi connectivity index (χ2n) is 17.9. The molecule has 0 saturated heterocycles. The van der Waals surface area contributed by atoms with Gasteiger partial charge in [0.15, 0.2) is 0 Å². The summed E-state index contributed by atoms with van der Waals surface area (Å²) in [5, 5.41) is 23.7. The lowest BCUT2D eigenvalue weighted by Gasteiger charge is -2.24. The number of rotatable bonds is 47. The third-order valence-corrected chi connectivity index (χ3v) is 11.7. The highest BCUT2D eigenvalue weighted by Gasteiger charge is 2.24. The minimum Gasteiger partial charge on any atom is -0.462 e. The van der Waals surface area contributed by atoms with E-state index in [1.54, 1.807) is 0 Å². The number of allylic oxidation sites excluding steroid dienone is 14. The molecule has 368 valence electrons. The summed E-state index contributed by atoms with van der Waals surface area (Å²) in [5.74, 6) is -0.556. The first-order valence-electron chi connectivity index (χ1n) is 26.8. The molecule has 0 aromatic heterocycles.